The molecule has 1 N–H and O–H groups in total. The highest BCUT2D eigenvalue weighted by atomic mass is 35.5. The van der Waals surface area contributed by atoms with Crippen molar-refractivity contribution in [2.75, 3.05) is 18.5 Å². The predicted molar refractivity (Wildman–Crippen MR) is 55.9 cm³/mol. The summed E-state index contributed by atoms with van der Waals surface area (Å²) in [7, 11) is 1.90. The Labute approximate surface area is 93.0 Å². The van der Waals surface area contributed by atoms with Gasteiger partial charge in [0.2, 0.25) is 5.89 Å². The van der Waals surface area contributed by atoms with Crippen molar-refractivity contribution < 1.29 is 9.52 Å². The third kappa shape index (κ3) is 2.41. The van der Waals surface area contributed by atoms with Gasteiger partial charge in [-0.3, -0.25) is 0 Å². The molecule has 0 bridgehead atoms. The number of nitrogens with zero attached hydrogens (tertiary/aromatic N) is 3. The van der Waals surface area contributed by atoms with E-state index in [9.17, 15) is 0 Å². The Morgan fingerprint density at radius 1 is 1.53 bits per heavy atom. The molecule has 1 aliphatic rings. The molecule has 0 atom stereocenters. The zero-order valence-electron chi connectivity index (χ0n) is 8.56. The van der Waals surface area contributed by atoms with Crippen molar-refractivity contribution >= 4 is 17.6 Å². The summed E-state index contributed by atoms with van der Waals surface area (Å²) in [4.78, 5) is 1.90. The number of halogens is 1. The van der Waals surface area contributed by atoms with Crippen molar-refractivity contribution in [1.82, 2.24) is 10.2 Å². The number of aliphatic hydroxyl groups excluding tert-OH is 1. The molecule has 15 heavy (non-hydrogen) atoms. The molecule has 6 heteroatoms. The predicted octanol–water partition coefficient (Wildman–Crippen LogP) is 1.02. The number of rotatable bonds is 4. The van der Waals surface area contributed by atoms with Crippen LogP contribution in [0.1, 0.15) is 18.7 Å². The second kappa shape index (κ2) is 4.37. The Bertz CT molecular complexity index is 325. The highest BCUT2D eigenvalue weighted by Crippen LogP contribution is 2.28. The number of hydrogen-bond donors (Lipinski definition) is 1. The van der Waals surface area contributed by atoms with E-state index in [2.05, 4.69) is 10.2 Å². The summed E-state index contributed by atoms with van der Waals surface area (Å²) in [6.07, 6.45) is 1.60. The van der Waals surface area contributed by atoms with Crippen LogP contribution >= 0.6 is 11.6 Å². The summed E-state index contributed by atoms with van der Waals surface area (Å²) >= 11 is 5.56. The van der Waals surface area contributed by atoms with E-state index in [0.29, 0.717) is 17.8 Å². The average Bonchev–Trinajstić information content (AvgIpc) is 2.63. The first-order valence-corrected chi connectivity index (χ1v) is 5.50. The second-order valence-electron chi connectivity index (χ2n) is 3.98. The first-order valence-electron chi connectivity index (χ1n) is 4.96. The average molecular weight is 232 g/mol. The minimum atomic E-state index is -0.121. The lowest BCUT2D eigenvalue weighted by molar-refractivity contribution is 0.0461. The van der Waals surface area contributed by atoms with Gasteiger partial charge in [0.1, 0.15) is 5.88 Å². The van der Waals surface area contributed by atoms with E-state index in [1.54, 1.807) is 0 Å². The Balaban J connectivity index is 1.87. The molecule has 1 saturated carbocycles. The van der Waals surface area contributed by atoms with E-state index >= 15 is 0 Å². The third-order valence-electron chi connectivity index (χ3n) is 2.64. The Morgan fingerprint density at radius 2 is 2.27 bits per heavy atom. The van der Waals surface area contributed by atoms with E-state index in [1.807, 2.05) is 11.9 Å². The lowest BCUT2D eigenvalue weighted by Crippen LogP contribution is -2.37. The molecule has 2 rings (SSSR count). The number of aliphatic hydroxyl groups is 1. The van der Waals surface area contributed by atoms with E-state index in [4.69, 9.17) is 21.1 Å². The van der Waals surface area contributed by atoms with Gasteiger partial charge in [0, 0.05) is 13.6 Å². The minimum absolute atomic E-state index is 0.121. The van der Waals surface area contributed by atoms with Crippen LogP contribution in [0.5, 0.6) is 0 Å². The van der Waals surface area contributed by atoms with Gasteiger partial charge in [0.25, 0.3) is 0 Å². The summed E-state index contributed by atoms with van der Waals surface area (Å²) in [5.74, 6) is 1.20. The van der Waals surface area contributed by atoms with Crippen LogP contribution in [0.2, 0.25) is 0 Å². The van der Waals surface area contributed by atoms with Gasteiger partial charge in [0.05, 0.1) is 6.10 Å². The van der Waals surface area contributed by atoms with Gasteiger partial charge in [-0.1, -0.05) is 5.10 Å². The fourth-order valence-electron chi connectivity index (χ4n) is 1.77. The molecule has 0 amide bonds. The van der Waals surface area contributed by atoms with Crippen molar-refractivity contribution in [3.63, 3.8) is 0 Å². The minimum Gasteiger partial charge on any atom is -0.407 e. The lowest BCUT2D eigenvalue weighted by Gasteiger charge is -2.33. The molecule has 0 radical (unpaired) electrons. The van der Waals surface area contributed by atoms with Crippen molar-refractivity contribution in [2.45, 2.75) is 24.8 Å². The first-order chi connectivity index (χ1) is 7.19. The number of anilines is 1. The molecular weight excluding hydrogens is 218 g/mol. The Morgan fingerprint density at radius 3 is 2.80 bits per heavy atom. The quantitative estimate of drug-likeness (QED) is 0.784. The highest BCUT2D eigenvalue weighted by Gasteiger charge is 2.28. The van der Waals surface area contributed by atoms with Crippen LogP contribution in [-0.4, -0.2) is 35.0 Å². The Kier molecular flexibility index (Phi) is 3.11. The summed E-state index contributed by atoms with van der Waals surface area (Å²) in [5, 5.41) is 16.8. The molecule has 0 aromatic carbocycles. The molecule has 5 nitrogen and oxygen atoms in total. The molecule has 0 spiro atoms. The zero-order valence-corrected chi connectivity index (χ0v) is 9.31. The van der Waals surface area contributed by atoms with Gasteiger partial charge in [-0.25, -0.2) is 0 Å². The molecular formula is C9H14ClN3O2. The maximum Gasteiger partial charge on any atom is 0.317 e. The van der Waals surface area contributed by atoms with Crippen LogP contribution in [0.25, 0.3) is 0 Å². The van der Waals surface area contributed by atoms with Crippen LogP contribution < -0.4 is 4.90 Å². The van der Waals surface area contributed by atoms with Gasteiger partial charge in [-0.05, 0) is 18.8 Å². The van der Waals surface area contributed by atoms with Gasteiger partial charge in [-0.15, -0.1) is 16.7 Å². The van der Waals surface area contributed by atoms with Crippen LogP contribution in [0.3, 0.4) is 0 Å². The SMILES string of the molecule is CN(CC1CC(O)C1)c1nnc(CCl)o1. The van der Waals surface area contributed by atoms with Crippen molar-refractivity contribution in [2.24, 2.45) is 5.92 Å². The largest absolute Gasteiger partial charge is 0.407 e. The van der Waals surface area contributed by atoms with E-state index in [1.165, 1.54) is 0 Å². The van der Waals surface area contributed by atoms with Gasteiger partial charge in [-0.2, -0.15) is 0 Å². The monoisotopic (exact) mass is 231 g/mol. The number of hydrogen-bond acceptors (Lipinski definition) is 5. The van der Waals surface area contributed by atoms with Crippen molar-refractivity contribution in [3.8, 4) is 0 Å². The van der Waals surface area contributed by atoms with Crippen molar-refractivity contribution in [1.29, 1.82) is 0 Å². The maximum atomic E-state index is 9.16. The smallest absolute Gasteiger partial charge is 0.317 e. The second-order valence-corrected chi connectivity index (χ2v) is 4.25. The van der Waals surface area contributed by atoms with E-state index in [-0.39, 0.29) is 12.0 Å². The lowest BCUT2D eigenvalue weighted by atomic mass is 9.82. The molecule has 84 valence electrons. The number of alkyl halides is 1. The highest BCUT2D eigenvalue weighted by molar-refractivity contribution is 6.16. The fraction of sp³-hybridized carbons (Fsp3) is 0.778. The molecule has 1 fully saturated rings. The molecule has 0 aliphatic heterocycles. The van der Waals surface area contributed by atoms with Crippen LogP contribution in [-0.2, 0) is 5.88 Å². The zero-order chi connectivity index (χ0) is 10.8. The molecule has 1 aromatic rings. The molecule has 0 unspecified atom stereocenters. The van der Waals surface area contributed by atoms with Crippen molar-refractivity contribution in [3.05, 3.63) is 5.89 Å². The standard InChI is InChI=1S/C9H14ClN3O2/c1-13(5-6-2-7(14)3-6)9-12-11-8(4-10)15-9/h6-7,14H,2-5H2,1H3. The summed E-state index contributed by atoms with van der Waals surface area (Å²) in [6.45, 7) is 0.834. The molecule has 0 saturated heterocycles. The Hall–Kier alpha value is -0.810. The summed E-state index contributed by atoms with van der Waals surface area (Å²) in [6, 6.07) is 0.493. The van der Waals surface area contributed by atoms with Crippen LogP contribution in [0.4, 0.5) is 6.01 Å². The maximum absolute atomic E-state index is 9.16. The third-order valence-corrected chi connectivity index (χ3v) is 2.87. The topological polar surface area (TPSA) is 62.4 Å². The van der Waals surface area contributed by atoms with Gasteiger partial charge < -0.3 is 14.4 Å². The number of aromatic nitrogens is 2. The van der Waals surface area contributed by atoms with Gasteiger partial charge >= 0.3 is 6.01 Å². The fourth-order valence-corrected chi connectivity index (χ4v) is 1.88. The normalized spacial score (nSPS) is 25.0. The molecule has 1 aromatic heterocycles. The summed E-state index contributed by atoms with van der Waals surface area (Å²) < 4.78 is 5.30. The van der Waals surface area contributed by atoms with E-state index in [0.717, 1.165) is 19.4 Å². The van der Waals surface area contributed by atoms with Gasteiger partial charge in [0.15, 0.2) is 0 Å². The van der Waals surface area contributed by atoms with E-state index < -0.39 is 0 Å². The summed E-state index contributed by atoms with van der Waals surface area (Å²) in [5.41, 5.74) is 0. The van der Waals surface area contributed by atoms with Crippen LogP contribution in [0.15, 0.2) is 4.42 Å². The first kappa shape index (κ1) is 10.7. The molecule has 1 heterocycles. The molecule has 1 aliphatic carbocycles. The van der Waals surface area contributed by atoms with Crippen LogP contribution in [0, 0.1) is 5.92 Å².